The highest BCUT2D eigenvalue weighted by Gasteiger charge is 2.22. The lowest BCUT2D eigenvalue weighted by Crippen LogP contribution is -2.37. The summed E-state index contributed by atoms with van der Waals surface area (Å²) in [4.78, 5) is 24.9. The van der Waals surface area contributed by atoms with Crippen LogP contribution in [-0.4, -0.2) is 48.9 Å². The maximum absolute atomic E-state index is 13.0. The van der Waals surface area contributed by atoms with Gasteiger partial charge >= 0.3 is 0 Å². The van der Waals surface area contributed by atoms with Crippen LogP contribution in [0.25, 0.3) is 16.9 Å². The largest absolute Gasteiger partial charge is 0.497 e. The van der Waals surface area contributed by atoms with Gasteiger partial charge in [0.25, 0.3) is 5.91 Å². The van der Waals surface area contributed by atoms with Crippen LogP contribution in [0.1, 0.15) is 23.7 Å². The molecule has 1 aromatic heterocycles. The minimum atomic E-state index is -0.409. The number of hydrogen-bond acceptors (Lipinski definition) is 5. The van der Waals surface area contributed by atoms with Gasteiger partial charge in [-0.15, -0.1) is 0 Å². The number of benzene rings is 2. The minimum Gasteiger partial charge on any atom is -0.497 e. The van der Waals surface area contributed by atoms with E-state index in [1.807, 2.05) is 37.3 Å². The van der Waals surface area contributed by atoms with Crippen LogP contribution in [0.4, 0.5) is 0 Å². The lowest BCUT2D eigenvalue weighted by Gasteiger charge is -2.10. The van der Waals surface area contributed by atoms with E-state index < -0.39 is 5.91 Å². The average Bonchev–Trinajstić information content (AvgIpc) is 3.26. The summed E-state index contributed by atoms with van der Waals surface area (Å²) in [7, 11) is 3.12. The number of carbonyl (C=O) groups is 2. The van der Waals surface area contributed by atoms with Gasteiger partial charge in [-0.05, 0) is 36.8 Å². The number of hydrogen-bond donors (Lipinski definition) is 2. The minimum absolute atomic E-state index is 0.121. The maximum atomic E-state index is 13.0. The van der Waals surface area contributed by atoms with Gasteiger partial charge in [-0.25, -0.2) is 4.68 Å². The van der Waals surface area contributed by atoms with Gasteiger partial charge in [0.1, 0.15) is 17.2 Å². The van der Waals surface area contributed by atoms with Crippen molar-refractivity contribution in [1.82, 2.24) is 20.4 Å². The molecule has 2 N–H and O–H groups in total. The molecule has 0 aliphatic carbocycles. The van der Waals surface area contributed by atoms with Gasteiger partial charge in [0.2, 0.25) is 5.91 Å². The molecule has 0 aliphatic rings. The van der Waals surface area contributed by atoms with E-state index in [0.717, 1.165) is 12.1 Å². The first-order valence-corrected chi connectivity index (χ1v) is 9.99. The van der Waals surface area contributed by atoms with Crippen molar-refractivity contribution in [2.75, 3.05) is 27.3 Å². The molecule has 0 saturated carbocycles. The highest BCUT2D eigenvalue weighted by Crippen LogP contribution is 2.35. The Hall–Kier alpha value is -3.81. The summed E-state index contributed by atoms with van der Waals surface area (Å²) in [6, 6.07) is 14.8. The van der Waals surface area contributed by atoms with Crippen molar-refractivity contribution in [3.63, 3.8) is 0 Å². The van der Waals surface area contributed by atoms with E-state index >= 15 is 0 Å². The quantitative estimate of drug-likeness (QED) is 0.553. The molecule has 0 aliphatic heterocycles. The Labute approximate surface area is 181 Å². The van der Waals surface area contributed by atoms with Crippen molar-refractivity contribution in [2.45, 2.75) is 13.3 Å². The van der Waals surface area contributed by atoms with Crippen LogP contribution in [0, 0.1) is 0 Å². The molecule has 162 valence electrons. The van der Waals surface area contributed by atoms with Crippen molar-refractivity contribution < 1.29 is 19.1 Å². The first kappa shape index (κ1) is 21.9. The van der Waals surface area contributed by atoms with Gasteiger partial charge in [-0.3, -0.25) is 9.59 Å². The normalized spacial score (nSPS) is 10.4. The molecule has 0 unspecified atom stereocenters. The standard InChI is InChI=1S/C23H26N4O4/c1-4-12-24-21(28)14-25-23(29)19-15-27(16-8-6-5-7-9-16)26-22(19)18-13-17(30-2)10-11-20(18)31-3/h5-11,13,15H,4,12,14H2,1-3H3,(H,24,28)(H,25,29). The van der Waals surface area contributed by atoms with Crippen LogP contribution in [0.2, 0.25) is 0 Å². The fraction of sp³-hybridized carbons (Fsp3) is 0.261. The molecule has 3 aromatic rings. The lowest BCUT2D eigenvalue weighted by atomic mass is 10.1. The second-order valence-corrected chi connectivity index (χ2v) is 6.77. The van der Waals surface area contributed by atoms with Gasteiger partial charge in [0, 0.05) is 18.3 Å². The molecule has 0 bridgehead atoms. The summed E-state index contributed by atoms with van der Waals surface area (Å²) in [6.45, 7) is 2.40. The van der Waals surface area contributed by atoms with E-state index in [-0.39, 0.29) is 12.5 Å². The summed E-state index contributed by atoms with van der Waals surface area (Å²) in [5.41, 5.74) is 2.15. The molecule has 8 nitrogen and oxygen atoms in total. The third-order valence-corrected chi connectivity index (χ3v) is 4.62. The van der Waals surface area contributed by atoms with Crippen molar-refractivity contribution in [2.24, 2.45) is 0 Å². The van der Waals surface area contributed by atoms with Crippen LogP contribution >= 0.6 is 0 Å². The molecule has 1 heterocycles. The number of ether oxygens (including phenoxy) is 2. The van der Waals surface area contributed by atoms with E-state index in [9.17, 15) is 9.59 Å². The van der Waals surface area contributed by atoms with Gasteiger partial charge in [-0.1, -0.05) is 25.1 Å². The summed E-state index contributed by atoms with van der Waals surface area (Å²) in [5, 5.41) is 10.1. The molecule has 2 amide bonds. The van der Waals surface area contributed by atoms with Gasteiger partial charge in [0.05, 0.1) is 32.0 Å². The van der Waals surface area contributed by atoms with Crippen LogP contribution in [0.3, 0.4) is 0 Å². The number of methoxy groups -OCH3 is 2. The van der Waals surface area contributed by atoms with E-state index in [4.69, 9.17) is 9.47 Å². The Kier molecular flexibility index (Phi) is 7.26. The molecule has 3 rings (SSSR count). The van der Waals surface area contributed by atoms with Crippen LogP contribution in [0.5, 0.6) is 11.5 Å². The molecule has 0 saturated heterocycles. The topological polar surface area (TPSA) is 94.5 Å². The fourth-order valence-corrected chi connectivity index (χ4v) is 3.03. The molecule has 8 heteroatoms. The molecule has 0 atom stereocenters. The molecule has 0 spiro atoms. The summed E-state index contributed by atoms with van der Waals surface area (Å²) < 4.78 is 12.5. The predicted octanol–water partition coefficient (Wildman–Crippen LogP) is 2.81. The average molecular weight is 422 g/mol. The Balaban J connectivity index is 2.01. The lowest BCUT2D eigenvalue weighted by molar-refractivity contribution is -0.120. The smallest absolute Gasteiger partial charge is 0.255 e. The van der Waals surface area contributed by atoms with E-state index in [0.29, 0.717) is 34.9 Å². The zero-order chi connectivity index (χ0) is 22.2. The number of rotatable bonds is 9. The van der Waals surface area contributed by atoms with Crippen LogP contribution in [0.15, 0.2) is 54.7 Å². The number of nitrogens with one attached hydrogen (secondary N) is 2. The Morgan fingerprint density at radius 2 is 1.81 bits per heavy atom. The monoisotopic (exact) mass is 422 g/mol. The highest BCUT2D eigenvalue weighted by atomic mass is 16.5. The summed E-state index contributed by atoms with van der Waals surface area (Å²) in [6.07, 6.45) is 2.46. The van der Waals surface area contributed by atoms with Gasteiger partial charge < -0.3 is 20.1 Å². The molecular weight excluding hydrogens is 396 g/mol. The Morgan fingerprint density at radius 3 is 2.48 bits per heavy atom. The third-order valence-electron chi connectivity index (χ3n) is 4.62. The highest BCUT2D eigenvalue weighted by molar-refractivity contribution is 6.02. The fourth-order valence-electron chi connectivity index (χ4n) is 3.03. The molecule has 0 radical (unpaired) electrons. The van der Waals surface area contributed by atoms with Crippen LogP contribution < -0.4 is 20.1 Å². The summed E-state index contributed by atoms with van der Waals surface area (Å²) >= 11 is 0. The van der Waals surface area contributed by atoms with E-state index in [2.05, 4.69) is 15.7 Å². The number of para-hydroxylation sites is 1. The van der Waals surface area contributed by atoms with Crippen molar-refractivity contribution in [3.05, 3.63) is 60.3 Å². The first-order valence-electron chi connectivity index (χ1n) is 9.99. The second-order valence-electron chi connectivity index (χ2n) is 6.77. The number of nitrogens with zero attached hydrogens (tertiary/aromatic N) is 2. The second kappa shape index (κ2) is 10.3. The maximum Gasteiger partial charge on any atom is 0.255 e. The van der Waals surface area contributed by atoms with Gasteiger partial charge in [-0.2, -0.15) is 5.10 Å². The molecule has 0 fully saturated rings. The van der Waals surface area contributed by atoms with Crippen molar-refractivity contribution >= 4 is 11.8 Å². The molecule has 31 heavy (non-hydrogen) atoms. The Morgan fingerprint density at radius 1 is 1.03 bits per heavy atom. The Bertz CT molecular complexity index is 1050. The number of carbonyl (C=O) groups excluding carboxylic acids is 2. The first-order chi connectivity index (χ1) is 15.1. The van der Waals surface area contributed by atoms with Crippen molar-refractivity contribution in [3.8, 4) is 28.4 Å². The zero-order valence-electron chi connectivity index (χ0n) is 17.8. The predicted molar refractivity (Wildman–Crippen MR) is 118 cm³/mol. The van der Waals surface area contributed by atoms with Gasteiger partial charge in [0.15, 0.2) is 0 Å². The number of aromatic nitrogens is 2. The van der Waals surface area contributed by atoms with E-state index in [1.165, 1.54) is 0 Å². The SMILES string of the molecule is CCCNC(=O)CNC(=O)c1cn(-c2ccccc2)nc1-c1cc(OC)ccc1OC. The van der Waals surface area contributed by atoms with Crippen molar-refractivity contribution in [1.29, 1.82) is 0 Å². The molecule has 2 aromatic carbocycles. The zero-order valence-corrected chi connectivity index (χ0v) is 17.8. The van der Waals surface area contributed by atoms with Crippen LogP contribution in [-0.2, 0) is 4.79 Å². The van der Waals surface area contributed by atoms with E-state index in [1.54, 1.807) is 43.3 Å². The third kappa shape index (κ3) is 5.22. The number of amides is 2. The molecular formula is C23H26N4O4. The summed E-state index contributed by atoms with van der Waals surface area (Å²) in [5.74, 6) is 0.504.